The number of anilines is 1. The van der Waals surface area contributed by atoms with Crippen LogP contribution in [0.2, 0.25) is 0 Å². The van der Waals surface area contributed by atoms with Crippen molar-refractivity contribution in [3.63, 3.8) is 0 Å². The van der Waals surface area contributed by atoms with Crippen molar-refractivity contribution in [3.8, 4) is 0 Å². The van der Waals surface area contributed by atoms with Crippen molar-refractivity contribution in [2.75, 3.05) is 31.9 Å². The molecule has 0 saturated carbocycles. The van der Waals surface area contributed by atoms with Gasteiger partial charge in [-0.3, -0.25) is 4.79 Å². The predicted molar refractivity (Wildman–Crippen MR) is 78.1 cm³/mol. The summed E-state index contributed by atoms with van der Waals surface area (Å²) in [4.78, 5) is 14.5. The maximum absolute atomic E-state index is 12.1. The molecule has 1 saturated heterocycles. The number of carbonyl (C=O) groups is 1. The number of nitrogens with one attached hydrogen (secondary N) is 1. The van der Waals surface area contributed by atoms with Crippen LogP contribution in [0.3, 0.4) is 0 Å². The molecule has 0 bridgehead atoms. The number of nitrogens with two attached hydrogens (primary N) is 1. The molecule has 3 N–H and O–H groups in total. The zero-order chi connectivity index (χ0) is 13.8. The number of hydrogen-bond donors (Lipinski definition) is 2. The van der Waals surface area contributed by atoms with Crippen molar-refractivity contribution >= 4 is 11.6 Å². The van der Waals surface area contributed by atoms with Gasteiger partial charge in [0, 0.05) is 18.8 Å². The second kappa shape index (κ2) is 6.06. The molecule has 1 atom stereocenters. The maximum Gasteiger partial charge on any atom is 0.253 e. The Morgan fingerprint density at radius 3 is 2.95 bits per heavy atom. The van der Waals surface area contributed by atoms with Crippen molar-refractivity contribution in [2.45, 2.75) is 20.3 Å². The van der Waals surface area contributed by atoms with Gasteiger partial charge >= 0.3 is 0 Å². The van der Waals surface area contributed by atoms with Crippen LogP contribution in [-0.2, 0) is 0 Å². The molecular formula is C15H23N3O. The molecule has 1 unspecified atom stereocenters. The monoisotopic (exact) mass is 261 g/mol. The minimum absolute atomic E-state index is 0.0625. The lowest BCUT2D eigenvalue weighted by Gasteiger charge is -2.14. The number of amides is 1. The Bertz CT molecular complexity index is 459. The molecule has 0 aliphatic carbocycles. The molecule has 1 aliphatic heterocycles. The van der Waals surface area contributed by atoms with Gasteiger partial charge in [-0.25, -0.2) is 0 Å². The molecule has 0 spiro atoms. The van der Waals surface area contributed by atoms with Gasteiger partial charge in [0.1, 0.15) is 0 Å². The number of nitrogen functional groups attached to an aromatic ring is 1. The van der Waals surface area contributed by atoms with E-state index < -0.39 is 0 Å². The van der Waals surface area contributed by atoms with Crippen LogP contribution in [0.25, 0.3) is 0 Å². The van der Waals surface area contributed by atoms with E-state index in [2.05, 4.69) is 17.1 Å². The Morgan fingerprint density at radius 1 is 1.53 bits per heavy atom. The first-order chi connectivity index (χ1) is 9.10. The van der Waals surface area contributed by atoms with Crippen molar-refractivity contribution in [1.82, 2.24) is 10.2 Å². The largest absolute Gasteiger partial charge is 0.398 e. The van der Waals surface area contributed by atoms with E-state index in [1.807, 2.05) is 19.1 Å². The summed E-state index contributed by atoms with van der Waals surface area (Å²) in [5, 5.41) is 3.00. The number of benzene rings is 1. The summed E-state index contributed by atoms with van der Waals surface area (Å²) in [6.07, 6.45) is 1.16. The van der Waals surface area contributed by atoms with Crippen LogP contribution in [0.4, 0.5) is 5.69 Å². The number of aryl methyl sites for hydroxylation is 1. The fourth-order valence-corrected chi connectivity index (χ4v) is 2.59. The third kappa shape index (κ3) is 3.47. The van der Waals surface area contributed by atoms with Crippen LogP contribution in [0.1, 0.15) is 29.3 Å². The minimum atomic E-state index is -0.0625. The molecule has 0 radical (unpaired) electrons. The fourth-order valence-electron chi connectivity index (χ4n) is 2.59. The van der Waals surface area contributed by atoms with E-state index in [9.17, 15) is 4.79 Å². The van der Waals surface area contributed by atoms with Gasteiger partial charge in [0.2, 0.25) is 0 Å². The molecule has 4 heteroatoms. The topological polar surface area (TPSA) is 58.4 Å². The average molecular weight is 261 g/mol. The second-order valence-corrected chi connectivity index (χ2v) is 5.35. The molecule has 1 heterocycles. The molecule has 1 aromatic carbocycles. The summed E-state index contributed by atoms with van der Waals surface area (Å²) >= 11 is 0. The highest BCUT2D eigenvalue weighted by molar-refractivity contribution is 5.99. The fraction of sp³-hybridized carbons (Fsp3) is 0.533. The SMILES string of the molecule is CCN1CCC(CNC(=O)c2ccc(C)cc2N)C1. The Morgan fingerprint density at radius 2 is 2.32 bits per heavy atom. The first-order valence-electron chi connectivity index (χ1n) is 6.96. The van der Waals surface area contributed by atoms with Crippen molar-refractivity contribution < 1.29 is 4.79 Å². The molecule has 1 amide bonds. The lowest BCUT2D eigenvalue weighted by Crippen LogP contribution is -2.31. The van der Waals surface area contributed by atoms with Crippen LogP contribution in [-0.4, -0.2) is 37.0 Å². The van der Waals surface area contributed by atoms with Gasteiger partial charge in [-0.15, -0.1) is 0 Å². The highest BCUT2D eigenvalue weighted by Crippen LogP contribution is 2.16. The summed E-state index contributed by atoms with van der Waals surface area (Å²) in [5.74, 6) is 0.503. The molecular weight excluding hydrogens is 238 g/mol. The predicted octanol–water partition coefficient (Wildman–Crippen LogP) is 1.65. The summed E-state index contributed by atoms with van der Waals surface area (Å²) in [7, 11) is 0. The highest BCUT2D eigenvalue weighted by atomic mass is 16.1. The summed E-state index contributed by atoms with van der Waals surface area (Å²) < 4.78 is 0. The Kier molecular flexibility index (Phi) is 4.43. The first kappa shape index (κ1) is 13.9. The van der Waals surface area contributed by atoms with E-state index in [4.69, 9.17) is 5.73 Å². The summed E-state index contributed by atoms with van der Waals surface area (Å²) in [6.45, 7) is 8.20. The van der Waals surface area contributed by atoms with E-state index >= 15 is 0 Å². The van der Waals surface area contributed by atoms with Gasteiger partial charge in [0.25, 0.3) is 5.91 Å². The first-order valence-corrected chi connectivity index (χ1v) is 6.96. The Labute approximate surface area is 115 Å². The maximum atomic E-state index is 12.1. The third-order valence-corrected chi connectivity index (χ3v) is 3.82. The lowest BCUT2D eigenvalue weighted by atomic mass is 10.1. The molecule has 104 valence electrons. The van der Waals surface area contributed by atoms with Gasteiger partial charge in [0.05, 0.1) is 5.56 Å². The van der Waals surface area contributed by atoms with E-state index in [0.29, 0.717) is 17.2 Å². The zero-order valence-corrected chi connectivity index (χ0v) is 11.8. The van der Waals surface area contributed by atoms with Gasteiger partial charge in [-0.05, 0) is 50.0 Å². The molecule has 1 fully saturated rings. The van der Waals surface area contributed by atoms with Crippen LogP contribution < -0.4 is 11.1 Å². The second-order valence-electron chi connectivity index (χ2n) is 5.35. The van der Waals surface area contributed by atoms with Crippen molar-refractivity contribution in [2.24, 2.45) is 5.92 Å². The van der Waals surface area contributed by atoms with Gasteiger partial charge in [-0.1, -0.05) is 13.0 Å². The summed E-state index contributed by atoms with van der Waals surface area (Å²) in [6, 6.07) is 5.55. The number of rotatable bonds is 4. The Hall–Kier alpha value is -1.55. The molecule has 0 aromatic heterocycles. The zero-order valence-electron chi connectivity index (χ0n) is 11.8. The quantitative estimate of drug-likeness (QED) is 0.810. The van der Waals surface area contributed by atoms with Gasteiger partial charge in [-0.2, -0.15) is 0 Å². The normalized spacial score (nSPS) is 19.6. The number of hydrogen-bond acceptors (Lipinski definition) is 3. The average Bonchev–Trinajstić information content (AvgIpc) is 2.84. The third-order valence-electron chi connectivity index (χ3n) is 3.82. The molecule has 1 aromatic rings. The highest BCUT2D eigenvalue weighted by Gasteiger charge is 2.21. The van der Waals surface area contributed by atoms with E-state index in [-0.39, 0.29) is 5.91 Å². The van der Waals surface area contributed by atoms with Crippen LogP contribution in [0.15, 0.2) is 18.2 Å². The van der Waals surface area contributed by atoms with Crippen LogP contribution in [0, 0.1) is 12.8 Å². The van der Waals surface area contributed by atoms with E-state index in [1.54, 1.807) is 6.07 Å². The van der Waals surface area contributed by atoms with Crippen molar-refractivity contribution in [1.29, 1.82) is 0 Å². The smallest absolute Gasteiger partial charge is 0.253 e. The van der Waals surface area contributed by atoms with Crippen molar-refractivity contribution in [3.05, 3.63) is 29.3 Å². The molecule has 2 rings (SSSR count). The minimum Gasteiger partial charge on any atom is -0.398 e. The lowest BCUT2D eigenvalue weighted by molar-refractivity contribution is 0.0948. The molecule has 1 aliphatic rings. The van der Waals surface area contributed by atoms with Crippen LogP contribution >= 0.6 is 0 Å². The Balaban J connectivity index is 1.88. The standard InChI is InChI=1S/C15H23N3O/c1-3-18-7-6-12(10-18)9-17-15(19)13-5-4-11(2)8-14(13)16/h4-5,8,12H,3,6-7,9-10,16H2,1-2H3,(H,17,19). The van der Waals surface area contributed by atoms with E-state index in [1.165, 1.54) is 0 Å². The van der Waals surface area contributed by atoms with Gasteiger partial charge in [0.15, 0.2) is 0 Å². The number of carbonyl (C=O) groups excluding carboxylic acids is 1. The van der Waals surface area contributed by atoms with E-state index in [0.717, 1.165) is 38.2 Å². The molecule has 19 heavy (non-hydrogen) atoms. The van der Waals surface area contributed by atoms with Crippen LogP contribution in [0.5, 0.6) is 0 Å². The van der Waals surface area contributed by atoms with Gasteiger partial charge < -0.3 is 16.0 Å². The summed E-state index contributed by atoms with van der Waals surface area (Å²) in [5.41, 5.74) is 8.09. The number of nitrogens with zero attached hydrogens (tertiary/aromatic N) is 1. The number of likely N-dealkylation sites (tertiary alicyclic amines) is 1. The molecule has 4 nitrogen and oxygen atoms in total.